The van der Waals surface area contributed by atoms with Crippen LogP contribution in [0.2, 0.25) is 10.0 Å². The minimum atomic E-state index is -1.40. The SMILES string of the molecule is [2H]CC(=O)O[C@@H]1[C@H](OC(=O)C[2H])COC(n2c(Br)nc3cc(Cl)c(Cl)cc32)[C@@H]1OC(=O)C[2H]. The maximum absolute atomic E-state index is 12.1. The van der Waals surface area contributed by atoms with Crippen molar-refractivity contribution < 1.29 is 37.4 Å². The van der Waals surface area contributed by atoms with E-state index in [9.17, 15) is 14.4 Å². The third kappa shape index (κ3) is 4.72. The van der Waals surface area contributed by atoms with Crippen LogP contribution in [0.3, 0.4) is 0 Å². The van der Waals surface area contributed by atoms with E-state index in [1.807, 2.05) is 0 Å². The molecule has 0 N–H and O–H groups in total. The Kier molecular flexibility index (Phi) is 5.71. The van der Waals surface area contributed by atoms with Gasteiger partial charge >= 0.3 is 17.9 Å². The summed E-state index contributed by atoms with van der Waals surface area (Å²) >= 11 is 15.5. The molecule has 2 heterocycles. The predicted octanol–water partition coefficient (Wildman–Crippen LogP) is 3.43. The molecule has 3 rings (SSSR count). The third-order valence-electron chi connectivity index (χ3n) is 4.16. The minimum absolute atomic E-state index is 0.216. The molecule has 1 aromatic heterocycles. The summed E-state index contributed by atoms with van der Waals surface area (Å²) in [6.07, 6.45) is -5.19. The van der Waals surface area contributed by atoms with Gasteiger partial charge in [-0.25, -0.2) is 4.98 Å². The number of imidazole rings is 1. The van der Waals surface area contributed by atoms with Crippen LogP contribution in [0.1, 0.15) is 31.0 Å². The first-order chi connectivity index (χ1) is 15.7. The Morgan fingerprint density at radius 1 is 1.10 bits per heavy atom. The Labute approximate surface area is 193 Å². The van der Waals surface area contributed by atoms with E-state index >= 15 is 0 Å². The zero-order valence-corrected chi connectivity index (χ0v) is 18.3. The molecular weight excluding hydrogens is 507 g/mol. The Morgan fingerprint density at radius 3 is 2.37 bits per heavy atom. The second kappa shape index (κ2) is 9.09. The maximum atomic E-state index is 12.1. The molecule has 1 unspecified atom stereocenters. The first-order valence-corrected chi connectivity index (χ1v) is 9.85. The number of carbonyl (C=O) groups excluding carboxylic acids is 3. The number of rotatable bonds is 4. The normalized spacial score (nSPS) is 25.1. The smallest absolute Gasteiger partial charge is 0.303 e. The molecule has 9 nitrogen and oxygen atoms in total. The van der Waals surface area contributed by atoms with Gasteiger partial charge in [0.1, 0.15) is 0 Å². The highest BCUT2D eigenvalue weighted by molar-refractivity contribution is 9.10. The van der Waals surface area contributed by atoms with E-state index in [0.29, 0.717) is 11.0 Å². The molecular formula is C18H17BrCl2N2O7. The third-order valence-corrected chi connectivity index (χ3v) is 5.44. The molecule has 2 aromatic rings. The summed E-state index contributed by atoms with van der Waals surface area (Å²) in [6.45, 7) is -2.49. The van der Waals surface area contributed by atoms with Gasteiger partial charge in [-0.2, -0.15) is 0 Å². The van der Waals surface area contributed by atoms with Crippen LogP contribution >= 0.6 is 39.1 Å². The minimum Gasteiger partial charge on any atom is -0.456 e. The van der Waals surface area contributed by atoms with E-state index in [1.165, 1.54) is 16.7 Å². The zero-order chi connectivity index (χ0) is 24.3. The van der Waals surface area contributed by atoms with Crippen molar-refractivity contribution in [1.82, 2.24) is 9.55 Å². The van der Waals surface area contributed by atoms with Crippen molar-refractivity contribution in [2.24, 2.45) is 0 Å². The second-order valence-electron chi connectivity index (χ2n) is 6.17. The van der Waals surface area contributed by atoms with Gasteiger partial charge in [0, 0.05) is 24.8 Å². The molecule has 0 saturated carbocycles. The lowest BCUT2D eigenvalue weighted by Crippen LogP contribution is -2.55. The molecule has 0 aliphatic carbocycles. The van der Waals surface area contributed by atoms with Crippen LogP contribution in [0.15, 0.2) is 16.9 Å². The van der Waals surface area contributed by atoms with Crippen molar-refractivity contribution in [2.75, 3.05) is 6.61 Å². The van der Waals surface area contributed by atoms with Gasteiger partial charge in [0.15, 0.2) is 29.3 Å². The van der Waals surface area contributed by atoms with Crippen molar-refractivity contribution >= 4 is 68.1 Å². The molecule has 1 saturated heterocycles. The predicted molar refractivity (Wildman–Crippen MR) is 109 cm³/mol. The van der Waals surface area contributed by atoms with Crippen LogP contribution in [0.4, 0.5) is 0 Å². The van der Waals surface area contributed by atoms with E-state index in [-0.39, 0.29) is 21.4 Å². The first-order valence-electron chi connectivity index (χ1n) is 10.4. The van der Waals surface area contributed by atoms with Crippen molar-refractivity contribution in [2.45, 2.75) is 45.2 Å². The number of carbonyl (C=O) groups is 3. The highest BCUT2D eigenvalue weighted by Gasteiger charge is 2.48. The van der Waals surface area contributed by atoms with Crippen LogP contribution in [0, 0.1) is 0 Å². The Hall–Kier alpha value is -1.88. The van der Waals surface area contributed by atoms with Crippen LogP contribution in [0.25, 0.3) is 11.0 Å². The molecule has 0 amide bonds. The number of hydrogen-bond acceptors (Lipinski definition) is 8. The van der Waals surface area contributed by atoms with E-state index in [0.717, 1.165) is 0 Å². The second-order valence-corrected chi connectivity index (χ2v) is 7.69. The summed E-state index contributed by atoms with van der Waals surface area (Å²) in [6, 6.07) is 3.03. The Morgan fingerprint density at radius 2 is 1.70 bits per heavy atom. The quantitative estimate of drug-likeness (QED) is 0.440. The largest absolute Gasteiger partial charge is 0.456 e. The number of nitrogens with zero attached hydrogens (tertiary/aromatic N) is 2. The highest BCUT2D eigenvalue weighted by Crippen LogP contribution is 2.37. The number of benzene rings is 1. The summed E-state index contributed by atoms with van der Waals surface area (Å²) < 4.78 is 45.1. The van der Waals surface area contributed by atoms with Gasteiger partial charge in [-0.05, 0) is 28.1 Å². The molecule has 0 spiro atoms. The van der Waals surface area contributed by atoms with Gasteiger partial charge in [-0.3, -0.25) is 19.0 Å². The molecule has 1 aliphatic heterocycles. The van der Waals surface area contributed by atoms with E-state index in [4.69, 9.17) is 46.3 Å². The van der Waals surface area contributed by atoms with Crippen molar-refractivity contribution in [3.63, 3.8) is 0 Å². The summed E-state index contributed by atoms with van der Waals surface area (Å²) in [5, 5.41) is 0.473. The average molecular weight is 527 g/mol. The molecule has 1 fully saturated rings. The number of fused-ring (bicyclic) bond motifs is 1. The average Bonchev–Trinajstić information content (AvgIpc) is 3.10. The molecule has 1 aromatic carbocycles. The molecule has 162 valence electrons. The summed E-state index contributed by atoms with van der Waals surface area (Å²) in [5.41, 5.74) is 0.855. The maximum Gasteiger partial charge on any atom is 0.303 e. The molecule has 30 heavy (non-hydrogen) atoms. The van der Waals surface area contributed by atoms with Crippen LogP contribution in [-0.4, -0.2) is 52.4 Å². The Balaban J connectivity index is 2.10. The monoisotopic (exact) mass is 525 g/mol. The number of esters is 3. The number of ether oxygens (including phenoxy) is 4. The van der Waals surface area contributed by atoms with Crippen molar-refractivity contribution in [1.29, 1.82) is 0 Å². The van der Waals surface area contributed by atoms with Gasteiger partial charge in [0.2, 0.25) is 0 Å². The van der Waals surface area contributed by atoms with Crippen molar-refractivity contribution in [3.8, 4) is 0 Å². The van der Waals surface area contributed by atoms with Gasteiger partial charge in [-0.15, -0.1) is 0 Å². The molecule has 12 heteroatoms. The Bertz CT molecular complexity index is 1070. The highest BCUT2D eigenvalue weighted by atomic mass is 79.9. The van der Waals surface area contributed by atoms with Gasteiger partial charge in [-0.1, -0.05) is 23.2 Å². The first kappa shape index (κ1) is 18.9. The van der Waals surface area contributed by atoms with E-state index < -0.39 is 63.1 Å². The van der Waals surface area contributed by atoms with Crippen LogP contribution < -0.4 is 0 Å². The lowest BCUT2D eigenvalue weighted by molar-refractivity contribution is -0.239. The number of halogens is 3. The topological polar surface area (TPSA) is 106 Å². The summed E-state index contributed by atoms with van der Waals surface area (Å²) in [4.78, 5) is 40.1. The number of hydrogen-bond donors (Lipinski definition) is 0. The molecule has 4 atom stereocenters. The van der Waals surface area contributed by atoms with Gasteiger partial charge < -0.3 is 18.9 Å². The van der Waals surface area contributed by atoms with E-state index in [2.05, 4.69) is 20.9 Å². The van der Waals surface area contributed by atoms with Gasteiger partial charge in [0.05, 0.1) is 27.7 Å². The fourth-order valence-corrected chi connectivity index (χ4v) is 4.02. The standard InChI is InChI=1S/C18H17BrCl2N2O7/c1-7(24)28-14-6-27-17(16(30-9(3)26)15(14)29-8(2)25)23-13-5-11(21)10(20)4-12(13)22-18(23)19/h4-5,14-17H,6H2,1-3H3/t14-,15-,16-,17?/m1/s1/i1D,2D,3D. The molecule has 1 aliphatic rings. The fourth-order valence-electron chi connectivity index (χ4n) is 3.12. The fraction of sp³-hybridized carbons (Fsp3) is 0.444. The summed E-state index contributed by atoms with van der Waals surface area (Å²) in [7, 11) is 0. The number of aromatic nitrogens is 2. The van der Waals surface area contributed by atoms with E-state index in [1.54, 1.807) is 0 Å². The molecule has 0 radical (unpaired) electrons. The van der Waals surface area contributed by atoms with Crippen LogP contribution in [-0.2, 0) is 33.3 Å². The lowest BCUT2D eigenvalue weighted by Gasteiger charge is -2.41. The lowest BCUT2D eigenvalue weighted by atomic mass is 10.0. The molecule has 0 bridgehead atoms. The zero-order valence-electron chi connectivity index (χ0n) is 18.2. The van der Waals surface area contributed by atoms with Gasteiger partial charge in [0.25, 0.3) is 0 Å². The summed E-state index contributed by atoms with van der Waals surface area (Å²) in [5.74, 6) is -2.85. The van der Waals surface area contributed by atoms with Crippen LogP contribution in [0.5, 0.6) is 0 Å². The van der Waals surface area contributed by atoms with Crippen molar-refractivity contribution in [3.05, 3.63) is 26.9 Å².